The van der Waals surface area contributed by atoms with E-state index in [0.717, 1.165) is 0 Å². The smallest absolute Gasteiger partial charge is 0.366 e. The zero-order valence-corrected chi connectivity index (χ0v) is 13.3. The third-order valence-electron chi connectivity index (χ3n) is 2.35. The maximum Gasteiger partial charge on any atom is 0.405 e. The van der Waals surface area contributed by atoms with Crippen LogP contribution in [-0.2, 0) is 5.75 Å². The first-order valence-corrected chi connectivity index (χ1v) is 7.88. The van der Waals surface area contributed by atoms with E-state index in [4.69, 9.17) is 11.6 Å². The lowest BCUT2D eigenvalue weighted by Gasteiger charge is -2.13. The Kier molecular flexibility index (Phi) is 7.96. The van der Waals surface area contributed by atoms with E-state index in [2.05, 4.69) is 10.3 Å². The van der Waals surface area contributed by atoms with E-state index in [1.165, 1.54) is 11.8 Å². The van der Waals surface area contributed by atoms with Gasteiger partial charge in [-0.2, -0.15) is 24.9 Å². The summed E-state index contributed by atoms with van der Waals surface area (Å²) in [6.07, 6.45) is -2.38. The van der Waals surface area contributed by atoms with Gasteiger partial charge in [0.05, 0.1) is 15.6 Å². The second-order valence-electron chi connectivity index (χ2n) is 4.21. The molecule has 0 bridgehead atoms. The standard InChI is InChI=1S/C12H14ClF3N4O2S/c13-9-2-1-3-17-10(9)7-23-5-4-18-11(6-20(21)22)19-8-12(14,15)16/h1-3,6,18-19H,4-5,7-8H2/b11-6+. The van der Waals surface area contributed by atoms with Gasteiger partial charge in [0.15, 0.2) is 5.82 Å². The topological polar surface area (TPSA) is 80.1 Å². The van der Waals surface area contributed by atoms with Gasteiger partial charge in [0.2, 0.25) is 0 Å². The van der Waals surface area contributed by atoms with Crippen LogP contribution in [-0.4, -0.2) is 34.9 Å². The molecule has 1 aromatic heterocycles. The highest BCUT2D eigenvalue weighted by atomic mass is 35.5. The summed E-state index contributed by atoms with van der Waals surface area (Å²) in [5, 5.41) is 15.4. The molecule has 0 fully saturated rings. The van der Waals surface area contributed by atoms with Crippen LogP contribution in [0.25, 0.3) is 0 Å². The minimum atomic E-state index is -4.46. The van der Waals surface area contributed by atoms with Crippen molar-refractivity contribution < 1.29 is 18.1 Å². The van der Waals surface area contributed by atoms with E-state index in [1.807, 2.05) is 5.32 Å². The fraction of sp³-hybridized carbons (Fsp3) is 0.417. The van der Waals surface area contributed by atoms with Crippen molar-refractivity contribution in [3.05, 3.63) is 51.2 Å². The van der Waals surface area contributed by atoms with Crippen LogP contribution in [0.5, 0.6) is 0 Å². The Morgan fingerprint density at radius 2 is 2.22 bits per heavy atom. The Hall–Kier alpha value is -1.68. The number of halogens is 4. The van der Waals surface area contributed by atoms with Crippen molar-refractivity contribution in [2.75, 3.05) is 18.8 Å². The van der Waals surface area contributed by atoms with Gasteiger partial charge in [0, 0.05) is 24.2 Å². The quantitative estimate of drug-likeness (QED) is 0.395. The molecule has 1 aromatic rings. The fourth-order valence-electron chi connectivity index (χ4n) is 1.41. The van der Waals surface area contributed by atoms with Crippen molar-refractivity contribution in [1.82, 2.24) is 15.6 Å². The maximum atomic E-state index is 12.1. The average molecular weight is 371 g/mol. The van der Waals surface area contributed by atoms with Crippen molar-refractivity contribution in [3.8, 4) is 0 Å². The van der Waals surface area contributed by atoms with Gasteiger partial charge < -0.3 is 10.6 Å². The number of nitro groups is 1. The van der Waals surface area contributed by atoms with Crippen LogP contribution in [0.2, 0.25) is 5.02 Å². The molecule has 1 rings (SSSR count). The molecule has 0 aliphatic carbocycles. The van der Waals surface area contributed by atoms with Crippen molar-refractivity contribution in [3.63, 3.8) is 0 Å². The lowest BCUT2D eigenvalue weighted by Crippen LogP contribution is -2.35. The normalized spacial score (nSPS) is 12.1. The molecule has 0 unspecified atom stereocenters. The second-order valence-corrected chi connectivity index (χ2v) is 5.72. The predicted octanol–water partition coefficient (Wildman–Crippen LogP) is 2.79. The average Bonchev–Trinajstić information content (AvgIpc) is 2.44. The monoisotopic (exact) mass is 370 g/mol. The van der Waals surface area contributed by atoms with Crippen molar-refractivity contribution >= 4 is 23.4 Å². The minimum Gasteiger partial charge on any atom is -0.366 e. The Morgan fingerprint density at radius 1 is 1.48 bits per heavy atom. The first kappa shape index (κ1) is 19.4. The first-order chi connectivity index (χ1) is 10.8. The number of aromatic nitrogens is 1. The van der Waals surface area contributed by atoms with Gasteiger partial charge in [0.25, 0.3) is 6.20 Å². The van der Waals surface area contributed by atoms with Crippen LogP contribution in [0.1, 0.15) is 5.69 Å². The van der Waals surface area contributed by atoms with Crippen LogP contribution in [0.4, 0.5) is 13.2 Å². The summed E-state index contributed by atoms with van der Waals surface area (Å²) in [6, 6.07) is 3.42. The highest BCUT2D eigenvalue weighted by Crippen LogP contribution is 2.18. The zero-order chi connectivity index (χ0) is 17.3. The molecule has 0 aromatic carbocycles. The summed E-state index contributed by atoms with van der Waals surface area (Å²) in [5.74, 6) is 0.755. The highest BCUT2D eigenvalue weighted by Gasteiger charge is 2.27. The molecule has 1 heterocycles. The maximum absolute atomic E-state index is 12.1. The van der Waals surface area contributed by atoms with Gasteiger partial charge >= 0.3 is 6.18 Å². The molecule has 0 aliphatic heterocycles. The van der Waals surface area contributed by atoms with Crippen LogP contribution < -0.4 is 10.6 Å². The Balaban J connectivity index is 2.35. The summed E-state index contributed by atoms with van der Waals surface area (Å²) in [7, 11) is 0. The van der Waals surface area contributed by atoms with Crippen molar-refractivity contribution in [1.29, 1.82) is 0 Å². The molecular formula is C12H14ClF3N4O2S. The molecule has 0 aliphatic rings. The number of nitrogens with zero attached hydrogens (tertiary/aromatic N) is 2. The van der Waals surface area contributed by atoms with Crippen molar-refractivity contribution in [2.24, 2.45) is 0 Å². The SMILES string of the molecule is O=[N+]([O-])/C=C(\NCCSCc1ncccc1Cl)NCC(F)(F)F. The number of hydrogen-bond donors (Lipinski definition) is 2. The van der Waals surface area contributed by atoms with Gasteiger partial charge in [-0.25, -0.2) is 0 Å². The number of nitrogens with one attached hydrogen (secondary N) is 2. The molecule has 0 saturated carbocycles. The number of thioether (sulfide) groups is 1. The molecule has 6 nitrogen and oxygen atoms in total. The fourth-order valence-corrected chi connectivity index (χ4v) is 2.49. The Bertz CT molecular complexity index is 557. The van der Waals surface area contributed by atoms with E-state index in [1.54, 1.807) is 18.3 Å². The summed E-state index contributed by atoms with van der Waals surface area (Å²) in [6.45, 7) is -1.10. The largest absolute Gasteiger partial charge is 0.405 e. The number of hydrogen-bond acceptors (Lipinski definition) is 6. The van der Waals surface area contributed by atoms with Crippen LogP contribution in [0, 0.1) is 10.1 Å². The molecule has 128 valence electrons. The van der Waals surface area contributed by atoms with Gasteiger partial charge in [-0.05, 0) is 12.1 Å². The number of rotatable bonds is 9. The van der Waals surface area contributed by atoms with E-state index in [-0.39, 0.29) is 12.4 Å². The lowest BCUT2D eigenvalue weighted by molar-refractivity contribution is -0.404. The predicted molar refractivity (Wildman–Crippen MR) is 82.5 cm³/mol. The van der Waals surface area contributed by atoms with Gasteiger partial charge in [-0.3, -0.25) is 15.1 Å². The summed E-state index contributed by atoms with van der Waals surface area (Å²) in [4.78, 5) is 13.7. The second kappa shape index (κ2) is 9.46. The highest BCUT2D eigenvalue weighted by molar-refractivity contribution is 7.98. The summed E-state index contributed by atoms with van der Waals surface area (Å²) in [5.41, 5.74) is 0.704. The molecule has 2 N–H and O–H groups in total. The molecule has 0 spiro atoms. The number of alkyl halides is 3. The van der Waals surface area contributed by atoms with Gasteiger partial charge in [-0.15, -0.1) is 0 Å². The Morgan fingerprint density at radius 3 is 2.83 bits per heavy atom. The lowest BCUT2D eigenvalue weighted by atomic mass is 10.4. The van der Waals surface area contributed by atoms with E-state index in [0.29, 0.717) is 28.4 Å². The van der Waals surface area contributed by atoms with Crippen LogP contribution >= 0.6 is 23.4 Å². The molecule has 0 amide bonds. The molecule has 11 heteroatoms. The number of pyridine rings is 1. The van der Waals surface area contributed by atoms with Gasteiger partial charge in [0.1, 0.15) is 6.54 Å². The van der Waals surface area contributed by atoms with Crippen molar-refractivity contribution in [2.45, 2.75) is 11.9 Å². The molecule has 0 saturated heterocycles. The summed E-state index contributed by atoms with van der Waals surface area (Å²) < 4.78 is 36.3. The van der Waals surface area contributed by atoms with E-state index < -0.39 is 17.6 Å². The zero-order valence-electron chi connectivity index (χ0n) is 11.8. The molecule has 0 atom stereocenters. The first-order valence-electron chi connectivity index (χ1n) is 6.35. The van der Waals surface area contributed by atoms with E-state index >= 15 is 0 Å². The minimum absolute atomic E-state index is 0.250. The third kappa shape index (κ3) is 9.14. The van der Waals surface area contributed by atoms with Gasteiger partial charge in [-0.1, -0.05) is 11.6 Å². The molecule has 0 radical (unpaired) electrons. The summed E-state index contributed by atoms with van der Waals surface area (Å²) >= 11 is 7.39. The van der Waals surface area contributed by atoms with E-state index in [9.17, 15) is 23.3 Å². The molecular weight excluding hydrogens is 357 g/mol. The molecule has 23 heavy (non-hydrogen) atoms. The Labute approximate surface area is 139 Å². The van der Waals surface area contributed by atoms with Crippen LogP contribution in [0.15, 0.2) is 30.4 Å². The van der Waals surface area contributed by atoms with Crippen LogP contribution in [0.3, 0.4) is 0 Å². The third-order valence-corrected chi connectivity index (χ3v) is 3.66.